The molecule has 0 saturated heterocycles. The third-order valence-electron chi connectivity index (χ3n) is 1.40. The number of rotatable bonds is 6. The summed E-state index contributed by atoms with van der Waals surface area (Å²) in [6.07, 6.45) is 6.02. The molecule has 0 bridgehead atoms. The third-order valence-corrected chi connectivity index (χ3v) is 1.40. The van der Waals surface area contributed by atoms with Gasteiger partial charge in [-0.15, -0.1) is 0 Å². The first-order chi connectivity index (χ1) is 5.81. The predicted octanol–water partition coefficient (Wildman–Crippen LogP) is 1.23. The summed E-state index contributed by atoms with van der Waals surface area (Å²) < 4.78 is 4.86. The number of nitrogens with two attached hydrogens (primary N) is 1. The van der Waals surface area contributed by atoms with Gasteiger partial charge in [0.15, 0.2) is 0 Å². The Hall–Kier alpha value is -0.830. The molecule has 0 rings (SSSR count). The maximum absolute atomic E-state index is 10.7. The van der Waals surface area contributed by atoms with Gasteiger partial charge in [0.2, 0.25) is 0 Å². The zero-order valence-corrected chi connectivity index (χ0v) is 7.58. The van der Waals surface area contributed by atoms with Crippen molar-refractivity contribution < 1.29 is 9.53 Å². The van der Waals surface area contributed by atoms with Crippen LogP contribution < -0.4 is 5.73 Å². The van der Waals surface area contributed by atoms with Gasteiger partial charge < -0.3 is 10.5 Å². The Kier molecular flexibility index (Phi) is 7.70. The van der Waals surface area contributed by atoms with Crippen molar-refractivity contribution in [3.05, 3.63) is 12.2 Å². The van der Waals surface area contributed by atoms with E-state index in [0.717, 1.165) is 19.3 Å². The second-order valence-electron chi connectivity index (χ2n) is 2.52. The van der Waals surface area contributed by atoms with E-state index in [-0.39, 0.29) is 5.97 Å². The number of esters is 1. The summed E-state index contributed by atoms with van der Waals surface area (Å²) in [7, 11) is 0. The highest BCUT2D eigenvalue weighted by atomic mass is 16.5. The Balaban J connectivity index is 3.14. The van der Waals surface area contributed by atoms with Gasteiger partial charge in [0.05, 0.1) is 6.61 Å². The topological polar surface area (TPSA) is 52.3 Å². The first-order valence-corrected chi connectivity index (χ1v) is 4.30. The second kappa shape index (κ2) is 8.27. The van der Waals surface area contributed by atoms with Gasteiger partial charge in [0.25, 0.3) is 0 Å². The van der Waals surface area contributed by atoms with Gasteiger partial charge in [-0.3, -0.25) is 0 Å². The molecule has 0 saturated carbocycles. The predicted molar refractivity (Wildman–Crippen MR) is 48.7 cm³/mol. The molecule has 0 aromatic rings. The lowest BCUT2D eigenvalue weighted by molar-refractivity contribution is -0.137. The van der Waals surface area contributed by atoms with Crippen molar-refractivity contribution in [2.24, 2.45) is 5.73 Å². The molecule has 0 aliphatic rings. The van der Waals surface area contributed by atoms with Gasteiger partial charge in [0.1, 0.15) is 0 Å². The van der Waals surface area contributed by atoms with Crippen LogP contribution in [0.3, 0.4) is 0 Å². The Morgan fingerprint density at radius 3 is 2.75 bits per heavy atom. The average molecular weight is 171 g/mol. The molecule has 0 spiro atoms. The molecule has 0 radical (unpaired) electrons. The summed E-state index contributed by atoms with van der Waals surface area (Å²) in [5.41, 5.74) is 5.30. The van der Waals surface area contributed by atoms with Crippen molar-refractivity contribution in [3.8, 4) is 0 Å². The van der Waals surface area contributed by atoms with Crippen LogP contribution in [0.5, 0.6) is 0 Å². The van der Waals surface area contributed by atoms with E-state index in [1.165, 1.54) is 6.08 Å². The smallest absolute Gasteiger partial charge is 0.330 e. The Morgan fingerprint density at radius 2 is 2.17 bits per heavy atom. The van der Waals surface area contributed by atoms with Crippen molar-refractivity contribution in [2.45, 2.75) is 26.2 Å². The minimum absolute atomic E-state index is 0.259. The van der Waals surface area contributed by atoms with Crippen molar-refractivity contribution in [2.75, 3.05) is 13.2 Å². The van der Waals surface area contributed by atoms with E-state index in [1.54, 1.807) is 13.0 Å². The number of carbonyl (C=O) groups excluding carboxylic acids is 1. The fourth-order valence-electron chi connectivity index (χ4n) is 0.780. The summed E-state index contributed by atoms with van der Waals surface area (Å²) >= 11 is 0. The zero-order chi connectivity index (χ0) is 9.23. The molecular weight excluding hydrogens is 154 g/mol. The molecule has 0 aromatic heterocycles. The highest BCUT2D eigenvalue weighted by Crippen LogP contribution is 1.94. The Labute approximate surface area is 73.6 Å². The van der Waals surface area contributed by atoms with Crippen LogP contribution in [0, 0.1) is 0 Å². The molecule has 0 atom stereocenters. The Morgan fingerprint density at radius 1 is 1.42 bits per heavy atom. The van der Waals surface area contributed by atoms with E-state index < -0.39 is 0 Å². The maximum atomic E-state index is 10.7. The molecule has 3 heteroatoms. The van der Waals surface area contributed by atoms with Crippen LogP contribution in [0.25, 0.3) is 0 Å². The number of hydrogen-bond donors (Lipinski definition) is 1. The van der Waals surface area contributed by atoms with Crippen LogP contribution >= 0.6 is 0 Å². The van der Waals surface area contributed by atoms with Crippen LogP contribution in [0.2, 0.25) is 0 Å². The van der Waals surface area contributed by atoms with Gasteiger partial charge in [-0.2, -0.15) is 0 Å². The van der Waals surface area contributed by atoms with Crippen LogP contribution in [-0.2, 0) is 9.53 Å². The highest BCUT2D eigenvalue weighted by Gasteiger charge is 1.94. The van der Waals surface area contributed by atoms with Crippen molar-refractivity contribution >= 4 is 5.97 Å². The molecular formula is C9H17NO2. The number of hydrogen-bond acceptors (Lipinski definition) is 3. The largest absolute Gasteiger partial charge is 0.463 e. The van der Waals surface area contributed by atoms with Gasteiger partial charge in [0, 0.05) is 6.08 Å². The molecule has 0 aliphatic carbocycles. The highest BCUT2D eigenvalue weighted by molar-refractivity contribution is 5.81. The summed E-state index contributed by atoms with van der Waals surface area (Å²) in [4.78, 5) is 10.7. The summed E-state index contributed by atoms with van der Waals surface area (Å²) in [5, 5.41) is 0. The van der Waals surface area contributed by atoms with Crippen LogP contribution in [0.4, 0.5) is 0 Å². The van der Waals surface area contributed by atoms with Gasteiger partial charge in [-0.1, -0.05) is 6.08 Å². The molecule has 0 unspecified atom stereocenters. The molecule has 12 heavy (non-hydrogen) atoms. The lowest BCUT2D eigenvalue weighted by Crippen LogP contribution is -2.03. The minimum Gasteiger partial charge on any atom is -0.463 e. The van der Waals surface area contributed by atoms with Crippen LogP contribution in [0.1, 0.15) is 26.2 Å². The molecule has 2 N–H and O–H groups in total. The van der Waals surface area contributed by atoms with E-state index in [9.17, 15) is 4.79 Å². The maximum Gasteiger partial charge on any atom is 0.330 e. The normalized spacial score (nSPS) is 10.5. The van der Waals surface area contributed by atoms with Crippen LogP contribution in [-0.4, -0.2) is 19.1 Å². The molecule has 0 aliphatic heterocycles. The Bertz CT molecular complexity index is 143. The molecule has 0 amide bonds. The summed E-state index contributed by atoms with van der Waals surface area (Å²) in [6.45, 7) is 3.00. The third kappa shape index (κ3) is 7.28. The quantitative estimate of drug-likeness (QED) is 0.371. The van der Waals surface area contributed by atoms with Gasteiger partial charge in [-0.05, 0) is 32.7 Å². The van der Waals surface area contributed by atoms with E-state index in [4.69, 9.17) is 10.5 Å². The molecule has 0 fully saturated rings. The summed E-state index contributed by atoms with van der Waals surface area (Å²) in [5.74, 6) is -0.259. The lowest BCUT2D eigenvalue weighted by Gasteiger charge is -2.00. The fraction of sp³-hybridized carbons (Fsp3) is 0.667. The number of unbranched alkanes of at least 4 members (excludes halogenated alkanes) is 2. The van der Waals surface area contributed by atoms with E-state index in [1.807, 2.05) is 0 Å². The molecule has 0 heterocycles. The monoisotopic (exact) mass is 171 g/mol. The molecule has 0 aromatic carbocycles. The van der Waals surface area contributed by atoms with Gasteiger partial charge in [-0.25, -0.2) is 4.79 Å². The van der Waals surface area contributed by atoms with E-state index in [2.05, 4.69) is 0 Å². The first-order valence-electron chi connectivity index (χ1n) is 4.30. The van der Waals surface area contributed by atoms with Gasteiger partial charge >= 0.3 is 5.97 Å². The van der Waals surface area contributed by atoms with E-state index in [0.29, 0.717) is 13.2 Å². The zero-order valence-electron chi connectivity index (χ0n) is 7.58. The molecule has 3 nitrogen and oxygen atoms in total. The molecule has 70 valence electrons. The first kappa shape index (κ1) is 11.2. The average Bonchev–Trinajstić information content (AvgIpc) is 2.05. The van der Waals surface area contributed by atoms with E-state index >= 15 is 0 Å². The minimum atomic E-state index is -0.259. The summed E-state index contributed by atoms with van der Waals surface area (Å²) in [6, 6.07) is 0. The van der Waals surface area contributed by atoms with Crippen molar-refractivity contribution in [3.63, 3.8) is 0 Å². The lowest BCUT2D eigenvalue weighted by atomic mass is 10.2. The number of ether oxygens (including phenoxy) is 1. The van der Waals surface area contributed by atoms with Crippen LogP contribution in [0.15, 0.2) is 12.2 Å². The number of carbonyl (C=O) groups is 1. The number of allylic oxidation sites excluding steroid dienone is 1. The standard InChI is InChI=1S/C9H17NO2/c1-2-6-9(11)12-8-5-3-4-7-10/h2,6H,3-5,7-8,10H2,1H3/b6-2+. The second-order valence-corrected chi connectivity index (χ2v) is 2.52. The fourth-order valence-corrected chi connectivity index (χ4v) is 0.780. The van der Waals surface area contributed by atoms with Crippen molar-refractivity contribution in [1.82, 2.24) is 0 Å². The van der Waals surface area contributed by atoms with Crippen molar-refractivity contribution in [1.29, 1.82) is 0 Å². The SMILES string of the molecule is C/C=C/C(=O)OCCCCCN.